The molecular formula is C15H16ClN. The zero-order valence-electron chi connectivity index (χ0n) is 10.1. The van der Waals surface area contributed by atoms with E-state index in [4.69, 9.17) is 11.6 Å². The topological polar surface area (TPSA) is 12.9 Å². The summed E-state index contributed by atoms with van der Waals surface area (Å²) in [5, 5.41) is -0.0372. The lowest BCUT2D eigenvalue weighted by Crippen LogP contribution is -2.04. The fourth-order valence-corrected chi connectivity index (χ4v) is 2.19. The summed E-state index contributed by atoms with van der Waals surface area (Å²) < 4.78 is 0. The van der Waals surface area contributed by atoms with Gasteiger partial charge < -0.3 is 0 Å². The van der Waals surface area contributed by atoms with Crippen molar-refractivity contribution < 1.29 is 0 Å². The summed E-state index contributed by atoms with van der Waals surface area (Å²) in [5.41, 5.74) is 3.43. The van der Waals surface area contributed by atoms with Gasteiger partial charge in [-0.3, -0.25) is 4.98 Å². The highest BCUT2D eigenvalue weighted by atomic mass is 35.5. The predicted octanol–water partition coefficient (Wildman–Crippen LogP) is 4.47. The fraction of sp³-hybridized carbons (Fsp3) is 0.267. The normalized spacial score (nSPS) is 14.3. The number of aryl methyl sites for hydroxylation is 1. The summed E-state index contributed by atoms with van der Waals surface area (Å²) >= 11 is 6.52. The first-order valence-corrected chi connectivity index (χ1v) is 6.23. The van der Waals surface area contributed by atoms with E-state index in [1.807, 2.05) is 30.5 Å². The van der Waals surface area contributed by atoms with E-state index in [1.54, 1.807) is 0 Å². The Morgan fingerprint density at radius 1 is 1.12 bits per heavy atom. The monoisotopic (exact) mass is 245 g/mol. The Morgan fingerprint density at radius 2 is 1.94 bits per heavy atom. The van der Waals surface area contributed by atoms with Gasteiger partial charge in [0.1, 0.15) is 0 Å². The van der Waals surface area contributed by atoms with Crippen LogP contribution in [-0.4, -0.2) is 4.98 Å². The molecule has 0 saturated carbocycles. The number of pyridine rings is 1. The number of hydrogen-bond donors (Lipinski definition) is 0. The summed E-state index contributed by atoms with van der Waals surface area (Å²) in [5.74, 6) is 0.208. The standard InChI is InChI=1S/C15H16ClN/c1-11-6-5-7-13(10-11)15(16)12(2)14-8-3-4-9-17-14/h3-10,12,15H,1-2H3. The minimum Gasteiger partial charge on any atom is -0.261 e. The van der Waals surface area contributed by atoms with Gasteiger partial charge in [-0.25, -0.2) is 0 Å². The molecule has 2 heteroatoms. The molecule has 0 saturated heterocycles. The van der Waals surface area contributed by atoms with Crippen molar-refractivity contribution in [3.05, 3.63) is 65.5 Å². The Bertz CT molecular complexity index is 481. The lowest BCUT2D eigenvalue weighted by molar-refractivity contribution is 0.706. The van der Waals surface area contributed by atoms with Gasteiger partial charge in [-0.15, -0.1) is 11.6 Å². The van der Waals surface area contributed by atoms with Crippen molar-refractivity contribution in [1.82, 2.24) is 4.98 Å². The maximum absolute atomic E-state index is 6.52. The molecule has 0 spiro atoms. The van der Waals surface area contributed by atoms with Crippen molar-refractivity contribution in [2.75, 3.05) is 0 Å². The first-order valence-electron chi connectivity index (χ1n) is 5.80. The molecule has 2 rings (SSSR count). The highest BCUT2D eigenvalue weighted by Crippen LogP contribution is 2.35. The maximum atomic E-state index is 6.52. The molecule has 88 valence electrons. The van der Waals surface area contributed by atoms with Gasteiger partial charge in [0, 0.05) is 17.8 Å². The second-order valence-corrected chi connectivity index (χ2v) is 4.83. The van der Waals surface area contributed by atoms with Crippen LogP contribution in [0.1, 0.15) is 35.0 Å². The SMILES string of the molecule is Cc1cccc(C(Cl)C(C)c2ccccn2)c1. The van der Waals surface area contributed by atoms with E-state index in [-0.39, 0.29) is 11.3 Å². The molecule has 0 aliphatic heterocycles. The summed E-state index contributed by atoms with van der Waals surface area (Å²) in [6, 6.07) is 14.3. The van der Waals surface area contributed by atoms with E-state index in [1.165, 1.54) is 5.56 Å². The first kappa shape index (κ1) is 12.1. The van der Waals surface area contributed by atoms with E-state index in [0.29, 0.717) is 0 Å². The molecular weight excluding hydrogens is 230 g/mol. The van der Waals surface area contributed by atoms with Crippen molar-refractivity contribution in [2.45, 2.75) is 25.1 Å². The lowest BCUT2D eigenvalue weighted by atomic mass is 9.96. The smallest absolute Gasteiger partial charge is 0.0666 e. The predicted molar refractivity (Wildman–Crippen MR) is 72.4 cm³/mol. The van der Waals surface area contributed by atoms with Gasteiger partial charge in [0.25, 0.3) is 0 Å². The second kappa shape index (κ2) is 5.33. The Labute approximate surface area is 107 Å². The van der Waals surface area contributed by atoms with Gasteiger partial charge in [0.15, 0.2) is 0 Å². The van der Waals surface area contributed by atoms with E-state index >= 15 is 0 Å². The van der Waals surface area contributed by atoms with Crippen LogP contribution in [-0.2, 0) is 0 Å². The number of halogens is 1. The van der Waals surface area contributed by atoms with Gasteiger partial charge in [-0.05, 0) is 24.6 Å². The molecule has 0 radical (unpaired) electrons. The van der Waals surface area contributed by atoms with E-state index in [2.05, 4.69) is 37.0 Å². The zero-order chi connectivity index (χ0) is 12.3. The summed E-state index contributed by atoms with van der Waals surface area (Å²) in [7, 11) is 0. The molecule has 1 aromatic carbocycles. The Hall–Kier alpha value is -1.34. The number of benzene rings is 1. The van der Waals surface area contributed by atoms with Crippen LogP contribution < -0.4 is 0 Å². The fourth-order valence-electron chi connectivity index (χ4n) is 1.93. The minimum absolute atomic E-state index is 0.0372. The van der Waals surface area contributed by atoms with Gasteiger partial charge in [-0.1, -0.05) is 42.8 Å². The Morgan fingerprint density at radius 3 is 2.59 bits per heavy atom. The molecule has 0 aliphatic carbocycles. The third-order valence-corrected chi connectivity index (χ3v) is 3.58. The average Bonchev–Trinajstić information content (AvgIpc) is 2.38. The average molecular weight is 246 g/mol. The van der Waals surface area contributed by atoms with Crippen molar-refractivity contribution in [3.63, 3.8) is 0 Å². The number of aromatic nitrogens is 1. The van der Waals surface area contributed by atoms with Crippen LogP contribution in [0.15, 0.2) is 48.7 Å². The zero-order valence-corrected chi connectivity index (χ0v) is 10.9. The van der Waals surface area contributed by atoms with E-state index in [0.717, 1.165) is 11.3 Å². The molecule has 1 aromatic heterocycles. The van der Waals surface area contributed by atoms with Crippen LogP contribution in [0.2, 0.25) is 0 Å². The van der Waals surface area contributed by atoms with Crippen molar-refractivity contribution in [1.29, 1.82) is 0 Å². The minimum atomic E-state index is -0.0372. The molecule has 0 N–H and O–H groups in total. The van der Waals surface area contributed by atoms with E-state index < -0.39 is 0 Å². The third kappa shape index (κ3) is 2.86. The van der Waals surface area contributed by atoms with Gasteiger partial charge in [-0.2, -0.15) is 0 Å². The molecule has 17 heavy (non-hydrogen) atoms. The van der Waals surface area contributed by atoms with Crippen molar-refractivity contribution in [2.24, 2.45) is 0 Å². The van der Waals surface area contributed by atoms with Gasteiger partial charge in [0.05, 0.1) is 5.38 Å². The van der Waals surface area contributed by atoms with Crippen LogP contribution in [0.25, 0.3) is 0 Å². The number of nitrogens with zero attached hydrogens (tertiary/aromatic N) is 1. The molecule has 0 bridgehead atoms. The van der Waals surface area contributed by atoms with Crippen LogP contribution in [0.3, 0.4) is 0 Å². The van der Waals surface area contributed by atoms with Crippen molar-refractivity contribution in [3.8, 4) is 0 Å². The number of rotatable bonds is 3. The van der Waals surface area contributed by atoms with Gasteiger partial charge in [0.2, 0.25) is 0 Å². The van der Waals surface area contributed by atoms with Crippen LogP contribution in [0.5, 0.6) is 0 Å². The number of hydrogen-bond acceptors (Lipinski definition) is 1. The molecule has 2 unspecified atom stereocenters. The number of alkyl halides is 1. The van der Waals surface area contributed by atoms with Gasteiger partial charge >= 0.3 is 0 Å². The molecule has 2 atom stereocenters. The third-order valence-electron chi connectivity index (χ3n) is 2.95. The summed E-state index contributed by atoms with van der Waals surface area (Å²) in [6.45, 7) is 4.20. The molecule has 0 fully saturated rings. The Kier molecular flexibility index (Phi) is 3.80. The highest BCUT2D eigenvalue weighted by Gasteiger charge is 2.19. The second-order valence-electron chi connectivity index (χ2n) is 4.36. The van der Waals surface area contributed by atoms with Crippen molar-refractivity contribution >= 4 is 11.6 Å². The summed E-state index contributed by atoms with van der Waals surface area (Å²) in [4.78, 5) is 4.36. The molecule has 2 aromatic rings. The van der Waals surface area contributed by atoms with Crippen LogP contribution in [0.4, 0.5) is 0 Å². The molecule has 0 aliphatic rings. The van der Waals surface area contributed by atoms with E-state index in [9.17, 15) is 0 Å². The van der Waals surface area contributed by atoms with Crippen LogP contribution in [0, 0.1) is 6.92 Å². The first-order chi connectivity index (χ1) is 8.18. The Balaban J connectivity index is 2.23. The largest absolute Gasteiger partial charge is 0.261 e. The quantitative estimate of drug-likeness (QED) is 0.727. The molecule has 1 nitrogen and oxygen atoms in total. The highest BCUT2D eigenvalue weighted by molar-refractivity contribution is 6.21. The molecule has 0 amide bonds. The summed E-state index contributed by atoms with van der Waals surface area (Å²) in [6.07, 6.45) is 1.81. The van der Waals surface area contributed by atoms with Crippen LogP contribution >= 0.6 is 11.6 Å². The molecule has 1 heterocycles. The lowest BCUT2D eigenvalue weighted by Gasteiger charge is -2.18. The maximum Gasteiger partial charge on any atom is 0.0666 e.